The summed E-state index contributed by atoms with van der Waals surface area (Å²) in [6.45, 7) is 7.95. The SMILES string of the molecule is CCOC(=O)c1ccc(-n2c(C)cc(/C=C(/C#N)C(=O)N3CCOCC3)c2C)cc1. The van der Waals surface area contributed by atoms with Crippen molar-refractivity contribution in [3.05, 3.63) is 58.4 Å². The van der Waals surface area contributed by atoms with Crippen LogP contribution in [0.1, 0.15) is 34.2 Å². The number of rotatable bonds is 5. The van der Waals surface area contributed by atoms with Crippen LogP contribution in [0.3, 0.4) is 0 Å². The molecule has 1 aliphatic rings. The standard InChI is InChI=1S/C23H25N3O4/c1-4-30-23(28)18-5-7-21(8-6-18)26-16(2)13-19(17(26)3)14-20(15-24)22(27)25-9-11-29-12-10-25/h5-8,13-14H,4,9-12H2,1-3H3/b20-14-. The fourth-order valence-corrected chi connectivity index (χ4v) is 3.53. The lowest BCUT2D eigenvalue weighted by molar-refractivity contribution is -0.130. The van der Waals surface area contributed by atoms with Crippen molar-refractivity contribution in [1.29, 1.82) is 5.26 Å². The smallest absolute Gasteiger partial charge is 0.338 e. The molecule has 2 heterocycles. The minimum absolute atomic E-state index is 0.106. The predicted octanol–water partition coefficient (Wildman–Crippen LogP) is 3.04. The minimum Gasteiger partial charge on any atom is -0.462 e. The highest BCUT2D eigenvalue weighted by Crippen LogP contribution is 2.24. The molecule has 156 valence electrons. The number of aromatic nitrogens is 1. The highest BCUT2D eigenvalue weighted by atomic mass is 16.5. The Labute approximate surface area is 176 Å². The van der Waals surface area contributed by atoms with E-state index in [0.29, 0.717) is 38.5 Å². The zero-order chi connectivity index (χ0) is 21.7. The number of hydrogen-bond donors (Lipinski definition) is 0. The number of hydrogen-bond acceptors (Lipinski definition) is 5. The van der Waals surface area contributed by atoms with Gasteiger partial charge in [0.15, 0.2) is 0 Å². The molecule has 0 aliphatic carbocycles. The van der Waals surface area contributed by atoms with Crippen molar-refractivity contribution in [2.24, 2.45) is 0 Å². The lowest BCUT2D eigenvalue weighted by Gasteiger charge is -2.26. The Morgan fingerprint density at radius 1 is 1.20 bits per heavy atom. The van der Waals surface area contributed by atoms with E-state index in [-0.39, 0.29) is 17.4 Å². The third-order valence-electron chi connectivity index (χ3n) is 5.06. The molecule has 0 saturated carbocycles. The van der Waals surface area contributed by atoms with Gasteiger partial charge in [-0.1, -0.05) is 0 Å². The van der Waals surface area contributed by atoms with E-state index in [2.05, 4.69) is 0 Å². The van der Waals surface area contributed by atoms with Gasteiger partial charge in [-0.15, -0.1) is 0 Å². The summed E-state index contributed by atoms with van der Waals surface area (Å²) in [4.78, 5) is 26.2. The maximum Gasteiger partial charge on any atom is 0.338 e. The van der Waals surface area contributed by atoms with Crippen molar-refractivity contribution < 1.29 is 19.1 Å². The normalized spacial score (nSPS) is 14.3. The van der Waals surface area contributed by atoms with Gasteiger partial charge in [-0.25, -0.2) is 4.79 Å². The van der Waals surface area contributed by atoms with E-state index in [1.807, 2.05) is 42.7 Å². The third-order valence-corrected chi connectivity index (χ3v) is 5.06. The number of carbonyl (C=O) groups is 2. The Kier molecular flexibility index (Phi) is 6.70. The Morgan fingerprint density at radius 3 is 2.47 bits per heavy atom. The fraction of sp³-hybridized carbons (Fsp3) is 0.348. The molecule has 0 N–H and O–H groups in total. The summed E-state index contributed by atoms with van der Waals surface area (Å²) in [6, 6.07) is 11.1. The van der Waals surface area contributed by atoms with Gasteiger partial charge in [-0.3, -0.25) is 4.79 Å². The van der Waals surface area contributed by atoms with Gasteiger partial charge in [0.05, 0.1) is 25.4 Å². The number of amides is 1. The van der Waals surface area contributed by atoms with Gasteiger partial charge < -0.3 is 18.9 Å². The number of esters is 1. The number of aryl methyl sites for hydroxylation is 1. The molecule has 2 aromatic rings. The number of morpholine rings is 1. The molecule has 0 radical (unpaired) electrons. The number of benzene rings is 1. The largest absolute Gasteiger partial charge is 0.462 e. The molecule has 30 heavy (non-hydrogen) atoms. The van der Waals surface area contributed by atoms with E-state index in [1.165, 1.54) is 0 Å². The van der Waals surface area contributed by atoms with Crippen molar-refractivity contribution in [2.45, 2.75) is 20.8 Å². The maximum atomic E-state index is 12.7. The van der Waals surface area contributed by atoms with Crippen molar-refractivity contribution in [2.75, 3.05) is 32.9 Å². The van der Waals surface area contributed by atoms with Crippen LogP contribution in [-0.2, 0) is 14.3 Å². The number of nitriles is 1. The second-order valence-corrected chi connectivity index (χ2v) is 7.00. The van der Waals surface area contributed by atoms with E-state index < -0.39 is 0 Å². The number of nitrogens with zero attached hydrogens (tertiary/aromatic N) is 3. The predicted molar refractivity (Wildman–Crippen MR) is 112 cm³/mol. The second-order valence-electron chi connectivity index (χ2n) is 7.00. The summed E-state index contributed by atoms with van der Waals surface area (Å²) in [6.07, 6.45) is 1.64. The van der Waals surface area contributed by atoms with Crippen molar-refractivity contribution in [1.82, 2.24) is 9.47 Å². The van der Waals surface area contributed by atoms with Crippen LogP contribution in [0, 0.1) is 25.2 Å². The molecule has 3 rings (SSSR count). The molecule has 1 aromatic carbocycles. The van der Waals surface area contributed by atoms with Crippen molar-refractivity contribution in [3.63, 3.8) is 0 Å². The third kappa shape index (κ3) is 4.44. The molecule has 1 amide bonds. The zero-order valence-electron chi connectivity index (χ0n) is 17.5. The van der Waals surface area contributed by atoms with Gasteiger partial charge in [-0.2, -0.15) is 5.26 Å². The average Bonchev–Trinajstić information content (AvgIpc) is 3.05. The Hall–Kier alpha value is -3.37. The molecular formula is C23H25N3O4. The molecule has 1 fully saturated rings. The molecular weight excluding hydrogens is 382 g/mol. The molecule has 7 heteroatoms. The summed E-state index contributed by atoms with van der Waals surface area (Å²) >= 11 is 0. The Morgan fingerprint density at radius 2 is 1.87 bits per heavy atom. The highest BCUT2D eigenvalue weighted by molar-refractivity contribution is 6.02. The molecule has 7 nitrogen and oxygen atoms in total. The fourth-order valence-electron chi connectivity index (χ4n) is 3.53. The first-order valence-corrected chi connectivity index (χ1v) is 9.91. The molecule has 0 unspecified atom stereocenters. The highest BCUT2D eigenvalue weighted by Gasteiger charge is 2.21. The van der Waals surface area contributed by atoms with Gasteiger partial charge in [0.1, 0.15) is 11.6 Å². The summed E-state index contributed by atoms with van der Waals surface area (Å²) in [5.41, 5.74) is 4.15. The zero-order valence-corrected chi connectivity index (χ0v) is 17.5. The lowest BCUT2D eigenvalue weighted by atomic mass is 10.1. The van der Waals surface area contributed by atoms with Gasteiger partial charge >= 0.3 is 5.97 Å². The summed E-state index contributed by atoms with van der Waals surface area (Å²) in [5, 5.41) is 9.55. The summed E-state index contributed by atoms with van der Waals surface area (Å²) in [5.74, 6) is -0.627. The van der Waals surface area contributed by atoms with Crippen molar-refractivity contribution in [3.8, 4) is 11.8 Å². The van der Waals surface area contributed by atoms with Crippen LogP contribution in [0.5, 0.6) is 0 Å². The van der Waals surface area contributed by atoms with Crippen LogP contribution < -0.4 is 0 Å². The monoisotopic (exact) mass is 407 g/mol. The van der Waals surface area contributed by atoms with Gasteiger partial charge in [0.2, 0.25) is 0 Å². The van der Waals surface area contributed by atoms with Gasteiger partial charge in [-0.05, 0) is 62.7 Å². The number of ether oxygens (including phenoxy) is 2. The van der Waals surface area contributed by atoms with Crippen LogP contribution in [0.2, 0.25) is 0 Å². The molecule has 0 spiro atoms. The van der Waals surface area contributed by atoms with Crippen LogP contribution >= 0.6 is 0 Å². The topological polar surface area (TPSA) is 84.6 Å². The van der Waals surface area contributed by atoms with E-state index in [9.17, 15) is 14.9 Å². The Bertz CT molecular complexity index is 1010. The summed E-state index contributed by atoms with van der Waals surface area (Å²) < 4.78 is 12.3. The van der Waals surface area contributed by atoms with Crippen LogP contribution in [0.4, 0.5) is 0 Å². The van der Waals surface area contributed by atoms with E-state index >= 15 is 0 Å². The minimum atomic E-state index is -0.353. The van der Waals surface area contributed by atoms with Crippen LogP contribution in [-0.4, -0.2) is 54.3 Å². The average molecular weight is 407 g/mol. The quantitative estimate of drug-likeness (QED) is 0.432. The van der Waals surface area contributed by atoms with Gasteiger partial charge in [0, 0.05) is 30.2 Å². The molecule has 1 aliphatic heterocycles. The van der Waals surface area contributed by atoms with E-state index in [4.69, 9.17) is 9.47 Å². The molecule has 0 bridgehead atoms. The first-order chi connectivity index (χ1) is 14.5. The van der Waals surface area contributed by atoms with Crippen LogP contribution in [0.15, 0.2) is 35.9 Å². The first kappa shape index (κ1) is 21.3. The molecule has 1 aromatic heterocycles. The molecule has 1 saturated heterocycles. The van der Waals surface area contributed by atoms with Gasteiger partial charge in [0.25, 0.3) is 5.91 Å². The first-order valence-electron chi connectivity index (χ1n) is 9.91. The summed E-state index contributed by atoms with van der Waals surface area (Å²) in [7, 11) is 0. The number of carbonyl (C=O) groups excluding carboxylic acids is 2. The van der Waals surface area contributed by atoms with E-state index in [1.54, 1.807) is 30.0 Å². The van der Waals surface area contributed by atoms with Crippen molar-refractivity contribution >= 4 is 18.0 Å². The molecule has 0 atom stereocenters. The van der Waals surface area contributed by atoms with Crippen LogP contribution in [0.25, 0.3) is 11.8 Å². The second kappa shape index (κ2) is 9.42. The van der Waals surface area contributed by atoms with E-state index in [0.717, 1.165) is 22.6 Å². The Balaban J connectivity index is 1.89. The maximum absolute atomic E-state index is 12.7. The lowest BCUT2D eigenvalue weighted by Crippen LogP contribution is -2.41.